The van der Waals surface area contributed by atoms with Crippen LogP contribution in [0.25, 0.3) is 11.3 Å². The lowest BCUT2D eigenvalue weighted by atomic mass is 10.1. The first-order valence-corrected chi connectivity index (χ1v) is 14.8. The summed E-state index contributed by atoms with van der Waals surface area (Å²) in [5.41, 5.74) is 12.2. The summed E-state index contributed by atoms with van der Waals surface area (Å²) in [5, 5.41) is 3.39. The van der Waals surface area contributed by atoms with Crippen LogP contribution in [0.3, 0.4) is 0 Å². The van der Waals surface area contributed by atoms with Gasteiger partial charge in [-0.3, -0.25) is 4.79 Å². The number of nitrogens with two attached hydrogens (primary N) is 1. The quantitative estimate of drug-likeness (QED) is 0.273. The number of nitrogens with zero attached hydrogens (tertiary/aromatic N) is 3. The lowest BCUT2D eigenvalue weighted by Crippen LogP contribution is -2.36. The molecule has 41 heavy (non-hydrogen) atoms. The number of aryl methyl sites for hydroxylation is 1. The number of nitrogens with one attached hydrogen (secondary N) is 1. The van der Waals surface area contributed by atoms with Crippen LogP contribution in [0.5, 0.6) is 0 Å². The van der Waals surface area contributed by atoms with Crippen molar-refractivity contribution in [3.63, 3.8) is 0 Å². The van der Waals surface area contributed by atoms with Crippen molar-refractivity contribution in [2.75, 3.05) is 36.1 Å². The molecule has 2 aliphatic rings. The number of aromatic nitrogens is 1. The van der Waals surface area contributed by atoms with Crippen molar-refractivity contribution in [1.82, 2.24) is 10.3 Å². The van der Waals surface area contributed by atoms with Crippen LogP contribution >= 0.6 is 11.3 Å². The molecule has 1 saturated carbocycles. The molecular weight excluding hydrogens is 534 g/mol. The number of anilines is 3. The van der Waals surface area contributed by atoms with Gasteiger partial charge in [0, 0.05) is 30.9 Å². The van der Waals surface area contributed by atoms with Gasteiger partial charge in [-0.05, 0) is 60.6 Å². The summed E-state index contributed by atoms with van der Waals surface area (Å²) in [4.78, 5) is 35.5. The monoisotopic (exact) mass is 567 g/mol. The van der Waals surface area contributed by atoms with Crippen molar-refractivity contribution in [3.8, 4) is 11.3 Å². The van der Waals surface area contributed by atoms with Crippen molar-refractivity contribution in [2.45, 2.75) is 32.2 Å². The number of carbonyl (C=O) groups is 2. The molecule has 9 heteroatoms. The van der Waals surface area contributed by atoms with Gasteiger partial charge < -0.3 is 20.7 Å². The normalized spacial score (nSPS) is 15.0. The van der Waals surface area contributed by atoms with Crippen LogP contribution in [-0.2, 0) is 11.3 Å². The molecule has 1 aliphatic heterocycles. The topological polar surface area (TPSA) is 101 Å². The molecular formula is C32H33N5O3S. The number of carbonyl (C=O) groups excluding carboxylic acids is 2. The molecule has 4 aromatic rings. The summed E-state index contributed by atoms with van der Waals surface area (Å²) in [7, 11) is 0. The molecule has 0 bridgehead atoms. The van der Waals surface area contributed by atoms with Crippen LogP contribution in [0.1, 0.15) is 45.1 Å². The third-order valence-corrected chi connectivity index (χ3v) is 8.61. The van der Waals surface area contributed by atoms with Crippen molar-refractivity contribution >= 4 is 39.8 Å². The van der Waals surface area contributed by atoms with E-state index in [0.29, 0.717) is 47.1 Å². The average Bonchev–Trinajstić information content (AvgIpc) is 3.77. The van der Waals surface area contributed by atoms with Gasteiger partial charge >= 0.3 is 6.03 Å². The maximum atomic E-state index is 13.6. The van der Waals surface area contributed by atoms with Gasteiger partial charge in [0.25, 0.3) is 5.91 Å². The van der Waals surface area contributed by atoms with E-state index in [0.717, 1.165) is 48.3 Å². The molecule has 210 valence electrons. The summed E-state index contributed by atoms with van der Waals surface area (Å²) in [6.07, 6.45) is 2.29. The number of urea groups is 1. The van der Waals surface area contributed by atoms with Crippen molar-refractivity contribution < 1.29 is 14.3 Å². The molecule has 0 radical (unpaired) electrons. The van der Waals surface area contributed by atoms with E-state index in [9.17, 15) is 9.59 Å². The van der Waals surface area contributed by atoms with Crippen LogP contribution in [0.4, 0.5) is 21.3 Å². The number of hydrogen-bond acceptors (Lipinski definition) is 6. The number of amides is 3. The number of hydrogen-bond donors (Lipinski definition) is 2. The lowest BCUT2D eigenvalue weighted by molar-refractivity contribution is 0.0955. The second-order valence-electron chi connectivity index (χ2n) is 10.5. The van der Waals surface area contributed by atoms with Crippen molar-refractivity contribution in [2.24, 2.45) is 5.73 Å². The van der Waals surface area contributed by atoms with Gasteiger partial charge in [-0.2, -0.15) is 0 Å². The van der Waals surface area contributed by atoms with E-state index < -0.39 is 6.03 Å². The third kappa shape index (κ3) is 5.96. The van der Waals surface area contributed by atoms with Crippen LogP contribution in [-0.4, -0.2) is 43.2 Å². The number of rotatable bonds is 8. The van der Waals surface area contributed by atoms with Gasteiger partial charge in [0.2, 0.25) is 0 Å². The van der Waals surface area contributed by atoms with Crippen LogP contribution < -0.4 is 20.9 Å². The first kappa shape index (κ1) is 27.0. The molecule has 1 saturated heterocycles. The maximum Gasteiger partial charge on any atom is 0.325 e. The second kappa shape index (κ2) is 11.7. The smallest absolute Gasteiger partial charge is 0.325 e. The Morgan fingerprint density at radius 1 is 1.05 bits per heavy atom. The molecule has 3 aromatic carbocycles. The summed E-state index contributed by atoms with van der Waals surface area (Å²) in [5.74, 6) is 0.262. The van der Waals surface area contributed by atoms with Gasteiger partial charge in [0.1, 0.15) is 4.88 Å². The van der Waals surface area contributed by atoms with Gasteiger partial charge in [0.05, 0.1) is 24.6 Å². The average molecular weight is 568 g/mol. The Morgan fingerprint density at radius 2 is 1.78 bits per heavy atom. The Morgan fingerprint density at radius 3 is 2.46 bits per heavy atom. The van der Waals surface area contributed by atoms with Gasteiger partial charge in [0.15, 0.2) is 5.13 Å². The van der Waals surface area contributed by atoms with Gasteiger partial charge in [-0.1, -0.05) is 65.9 Å². The summed E-state index contributed by atoms with van der Waals surface area (Å²) in [6, 6.07) is 23.3. The van der Waals surface area contributed by atoms with Gasteiger partial charge in [-0.25, -0.2) is 14.7 Å². The second-order valence-corrected chi connectivity index (χ2v) is 11.5. The SMILES string of the molecule is Cc1ccc(C2CC2)cc1N(C(N)=O)c1nc(-c2ccc(N3CCOCC3)cc2)c(C(=O)NCc2ccccc2)s1. The van der Waals surface area contributed by atoms with E-state index in [-0.39, 0.29) is 5.91 Å². The first-order chi connectivity index (χ1) is 20.0. The summed E-state index contributed by atoms with van der Waals surface area (Å²) >= 11 is 1.17. The third-order valence-electron chi connectivity index (χ3n) is 7.57. The predicted molar refractivity (Wildman–Crippen MR) is 163 cm³/mol. The Bertz CT molecular complexity index is 1540. The van der Waals surface area contributed by atoms with E-state index in [1.807, 2.05) is 73.7 Å². The predicted octanol–water partition coefficient (Wildman–Crippen LogP) is 5.98. The number of morpholine rings is 1. The maximum absolute atomic E-state index is 13.6. The minimum atomic E-state index is -0.639. The Labute approximate surface area is 243 Å². The minimum Gasteiger partial charge on any atom is -0.378 e. The highest BCUT2D eigenvalue weighted by Crippen LogP contribution is 2.43. The molecule has 8 nitrogen and oxygen atoms in total. The Balaban J connectivity index is 1.37. The number of primary amides is 1. The fourth-order valence-electron chi connectivity index (χ4n) is 5.12. The molecule has 0 atom stereocenters. The zero-order valence-corrected chi connectivity index (χ0v) is 23.8. The molecule has 0 unspecified atom stereocenters. The molecule has 1 aliphatic carbocycles. The zero-order chi connectivity index (χ0) is 28.3. The largest absolute Gasteiger partial charge is 0.378 e. The molecule has 1 aromatic heterocycles. The van der Waals surface area contributed by atoms with E-state index in [1.54, 1.807) is 0 Å². The highest BCUT2D eigenvalue weighted by atomic mass is 32.1. The first-order valence-electron chi connectivity index (χ1n) is 13.9. The molecule has 3 N–H and O–H groups in total. The summed E-state index contributed by atoms with van der Waals surface area (Å²) in [6.45, 7) is 5.40. The van der Waals surface area contributed by atoms with E-state index in [1.165, 1.54) is 21.8 Å². The summed E-state index contributed by atoms with van der Waals surface area (Å²) < 4.78 is 5.49. The van der Waals surface area contributed by atoms with E-state index >= 15 is 0 Å². The number of benzene rings is 3. The molecule has 3 amide bonds. The van der Waals surface area contributed by atoms with Crippen LogP contribution in [0, 0.1) is 6.92 Å². The van der Waals surface area contributed by atoms with E-state index in [2.05, 4.69) is 16.3 Å². The van der Waals surface area contributed by atoms with Gasteiger partial charge in [-0.15, -0.1) is 0 Å². The zero-order valence-electron chi connectivity index (χ0n) is 23.0. The molecule has 2 fully saturated rings. The number of thiazole rings is 1. The van der Waals surface area contributed by atoms with Crippen molar-refractivity contribution in [1.29, 1.82) is 0 Å². The van der Waals surface area contributed by atoms with E-state index in [4.69, 9.17) is 15.5 Å². The highest BCUT2D eigenvalue weighted by Gasteiger charge is 2.29. The Kier molecular flexibility index (Phi) is 7.71. The molecule has 0 spiro atoms. The fourth-order valence-corrected chi connectivity index (χ4v) is 6.14. The highest BCUT2D eigenvalue weighted by molar-refractivity contribution is 7.18. The number of ether oxygens (including phenoxy) is 1. The lowest BCUT2D eigenvalue weighted by Gasteiger charge is -2.28. The minimum absolute atomic E-state index is 0.252. The fraction of sp³-hybridized carbons (Fsp3) is 0.281. The van der Waals surface area contributed by atoms with Crippen molar-refractivity contribution in [3.05, 3.63) is 94.4 Å². The van der Waals surface area contributed by atoms with Crippen LogP contribution in [0.15, 0.2) is 72.8 Å². The standard InChI is InChI=1S/C32H33N5O3S/c1-21-7-8-25(23-9-10-23)19-27(21)37(31(33)39)32-35-28(24-11-13-26(14-12-24)36-15-17-40-18-16-36)29(41-32)30(38)34-20-22-5-3-2-4-6-22/h2-8,11-14,19,23H,9-10,15-18,20H2,1H3,(H2,33,39)(H,34,38). The van der Waals surface area contributed by atoms with Crippen LogP contribution in [0.2, 0.25) is 0 Å². The Hall–Kier alpha value is -4.21. The molecule has 6 rings (SSSR count). The molecule has 2 heterocycles.